The number of thiocarbonyl (C=S) groups is 1. The van der Waals surface area contributed by atoms with Crippen molar-refractivity contribution in [3.8, 4) is 11.5 Å². The number of nitrogens with zero attached hydrogens (tertiary/aromatic N) is 2. The third-order valence-corrected chi connectivity index (χ3v) is 6.32. The van der Waals surface area contributed by atoms with Gasteiger partial charge in [0.15, 0.2) is 5.11 Å². The maximum absolute atomic E-state index is 13.5. The van der Waals surface area contributed by atoms with Crippen LogP contribution in [-0.4, -0.2) is 41.6 Å². The van der Waals surface area contributed by atoms with E-state index in [9.17, 15) is 14.0 Å². The van der Waals surface area contributed by atoms with Crippen molar-refractivity contribution in [3.63, 3.8) is 0 Å². The van der Waals surface area contributed by atoms with Gasteiger partial charge in [-0.3, -0.25) is 14.5 Å². The van der Waals surface area contributed by atoms with Crippen molar-refractivity contribution in [1.29, 1.82) is 0 Å². The Bertz CT molecular complexity index is 1250. The third-order valence-electron chi connectivity index (χ3n) is 5.91. The minimum Gasteiger partial charge on any atom is -0.497 e. The number of hydrogen-bond donors (Lipinski definition) is 1. The summed E-state index contributed by atoms with van der Waals surface area (Å²) < 4.78 is 24.3. The highest BCUT2D eigenvalue weighted by atomic mass is 32.1. The molecule has 1 N–H and O–H groups in total. The zero-order valence-corrected chi connectivity index (χ0v) is 21.5. The summed E-state index contributed by atoms with van der Waals surface area (Å²) in [5.74, 6) is 0.335. The Morgan fingerprint density at radius 1 is 1.00 bits per heavy atom. The van der Waals surface area contributed by atoms with Crippen LogP contribution in [0.25, 0.3) is 0 Å². The molecule has 0 saturated carbocycles. The van der Waals surface area contributed by atoms with Gasteiger partial charge in [0.25, 0.3) is 5.91 Å². The molecular formula is C28H28FN3O4S. The molecule has 0 radical (unpaired) electrons. The zero-order chi connectivity index (χ0) is 26.4. The molecule has 1 heterocycles. The topological polar surface area (TPSA) is 71.1 Å². The summed E-state index contributed by atoms with van der Waals surface area (Å²) in [5, 5.41) is 3.10. The van der Waals surface area contributed by atoms with E-state index in [1.54, 1.807) is 36.3 Å². The molecule has 9 heteroatoms. The lowest BCUT2D eigenvalue weighted by Crippen LogP contribution is -2.37. The molecule has 3 aromatic carbocycles. The summed E-state index contributed by atoms with van der Waals surface area (Å²) in [4.78, 5) is 29.6. The van der Waals surface area contributed by atoms with Gasteiger partial charge in [-0.15, -0.1) is 0 Å². The van der Waals surface area contributed by atoms with Crippen molar-refractivity contribution >= 4 is 40.5 Å². The highest BCUT2D eigenvalue weighted by Crippen LogP contribution is 2.29. The number of hydrogen-bond acceptors (Lipinski definition) is 5. The molecule has 2 amide bonds. The van der Waals surface area contributed by atoms with Crippen LogP contribution in [0, 0.1) is 5.82 Å². The SMILES string of the molecule is CCCOc1ccc(NC(=O)C[C@H]2C(=O)N(c3ccc(F)cc3)C(=S)N2Cc2ccc(OC)cc2)cc1. The Morgan fingerprint density at radius 2 is 1.65 bits per heavy atom. The monoisotopic (exact) mass is 521 g/mol. The molecule has 4 rings (SSSR count). The van der Waals surface area contributed by atoms with Gasteiger partial charge < -0.3 is 19.7 Å². The largest absolute Gasteiger partial charge is 0.497 e. The van der Waals surface area contributed by atoms with Gasteiger partial charge in [-0.25, -0.2) is 4.39 Å². The average Bonchev–Trinajstić information content (AvgIpc) is 3.13. The number of methoxy groups -OCH3 is 1. The fourth-order valence-corrected chi connectivity index (χ4v) is 4.40. The zero-order valence-electron chi connectivity index (χ0n) is 20.6. The molecule has 0 aromatic heterocycles. The van der Waals surface area contributed by atoms with Crippen molar-refractivity contribution in [2.75, 3.05) is 23.9 Å². The number of ether oxygens (including phenoxy) is 2. The van der Waals surface area contributed by atoms with Gasteiger partial charge in [0.2, 0.25) is 5.91 Å². The molecule has 1 aliphatic heterocycles. The van der Waals surface area contributed by atoms with E-state index in [-0.39, 0.29) is 23.3 Å². The van der Waals surface area contributed by atoms with E-state index >= 15 is 0 Å². The Morgan fingerprint density at radius 3 is 2.27 bits per heavy atom. The van der Waals surface area contributed by atoms with Gasteiger partial charge in [0.05, 0.1) is 25.8 Å². The van der Waals surface area contributed by atoms with Crippen LogP contribution in [-0.2, 0) is 16.1 Å². The summed E-state index contributed by atoms with van der Waals surface area (Å²) in [5.41, 5.74) is 1.94. The summed E-state index contributed by atoms with van der Waals surface area (Å²) in [6.07, 6.45) is 0.790. The molecular weight excluding hydrogens is 493 g/mol. The fourth-order valence-electron chi connectivity index (χ4n) is 4.01. The lowest BCUT2D eigenvalue weighted by atomic mass is 10.1. The molecule has 1 aliphatic rings. The smallest absolute Gasteiger partial charge is 0.256 e. The number of halogens is 1. The molecule has 3 aromatic rings. The van der Waals surface area contributed by atoms with Crippen molar-refractivity contribution in [3.05, 3.63) is 84.2 Å². The van der Waals surface area contributed by atoms with Gasteiger partial charge in [0.1, 0.15) is 23.4 Å². The number of carbonyl (C=O) groups excluding carboxylic acids is 2. The second-order valence-electron chi connectivity index (χ2n) is 8.55. The molecule has 192 valence electrons. The highest BCUT2D eigenvalue weighted by molar-refractivity contribution is 7.80. The molecule has 1 atom stereocenters. The predicted octanol–water partition coefficient (Wildman–Crippen LogP) is 5.15. The number of anilines is 2. The summed E-state index contributed by atoms with van der Waals surface area (Å²) in [6.45, 7) is 2.96. The molecule has 0 spiro atoms. The van der Waals surface area contributed by atoms with Crippen molar-refractivity contribution in [2.45, 2.75) is 32.4 Å². The normalized spacial score (nSPS) is 15.2. The first-order chi connectivity index (χ1) is 17.9. The second kappa shape index (κ2) is 11.8. The molecule has 0 aliphatic carbocycles. The number of amides is 2. The Hall–Kier alpha value is -3.98. The Kier molecular flexibility index (Phi) is 8.35. The predicted molar refractivity (Wildman–Crippen MR) is 144 cm³/mol. The lowest BCUT2D eigenvalue weighted by Gasteiger charge is -2.24. The maximum atomic E-state index is 13.5. The summed E-state index contributed by atoms with van der Waals surface area (Å²) in [7, 11) is 1.59. The Balaban J connectivity index is 1.53. The fraction of sp³-hybridized carbons (Fsp3) is 0.250. The quantitative estimate of drug-likeness (QED) is 0.372. The van der Waals surface area contributed by atoms with Crippen LogP contribution in [0.15, 0.2) is 72.8 Å². The third kappa shape index (κ3) is 6.24. The summed E-state index contributed by atoms with van der Waals surface area (Å²) >= 11 is 5.68. The van der Waals surface area contributed by atoms with Crippen LogP contribution in [0.4, 0.5) is 15.8 Å². The van der Waals surface area contributed by atoms with Crippen LogP contribution in [0.3, 0.4) is 0 Å². The molecule has 1 fully saturated rings. The molecule has 0 unspecified atom stereocenters. The van der Waals surface area contributed by atoms with Gasteiger partial charge in [-0.05, 0) is 84.9 Å². The molecule has 1 saturated heterocycles. The van der Waals surface area contributed by atoms with E-state index in [4.69, 9.17) is 21.7 Å². The van der Waals surface area contributed by atoms with Crippen LogP contribution in [0.2, 0.25) is 0 Å². The first kappa shape index (κ1) is 26.1. The second-order valence-corrected chi connectivity index (χ2v) is 8.91. The lowest BCUT2D eigenvalue weighted by molar-refractivity contribution is -0.124. The van der Waals surface area contributed by atoms with E-state index in [1.807, 2.05) is 31.2 Å². The molecule has 0 bridgehead atoms. The highest BCUT2D eigenvalue weighted by Gasteiger charge is 2.44. The van der Waals surface area contributed by atoms with Gasteiger partial charge in [0, 0.05) is 12.2 Å². The Labute approximate surface area is 220 Å². The number of benzene rings is 3. The van der Waals surface area contributed by atoms with Crippen molar-refractivity contribution < 1.29 is 23.5 Å². The first-order valence-corrected chi connectivity index (χ1v) is 12.4. The average molecular weight is 522 g/mol. The van der Waals surface area contributed by atoms with Crippen LogP contribution in [0.5, 0.6) is 11.5 Å². The van der Waals surface area contributed by atoms with E-state index < -0.39 is 11.9 Å². The van der Waals surface area contributed by atoms with E-state index in [0.717, 1.165) is 17.7 Å². The van der Waals surface area contributed by atoms with Crippen molar-refractivity contribution in [1.82, 2.24) is 4.90 Å². The van der Waals surface area contributed by atoms with Gasteiger partial charge in [-0.1, -0.05) is 19.1 Å². The number of nitrogens with one attached hydrogen (secondary N) is 1. The summed E-state index contributed by atoms with van der Waals surface area (Å²) in [6, 6.07) is 19.2. The van der Waals surface area contributed by atoms with Gasteiger partial charge in [-0.2, -0.15) is 0 Å². The van der Waals surface area contributed by atoms with Crippen LogP contribution >= 0.6 is 12.2 Å². The number of rotatable bonds is 10. The first-order valence-electron chi connectivity index (χ1n) is 12.0. The number of carbonyl (C=O) groups is 2. The minimum absolute atomic E-state index is 0.110. The standard InChI is InChI=1S/C28H28FN3O4S/c1-3-16-36-24-14-8-21(9-15-24)30-26(33)17-25-27(34)32(22-10-6-20(29)7-11-22)28(37)31(25)18-19-4-12-23(35-2)13-5-19/h4-15,25H,3,16-18H2,1-2H3,(H,30,33)/t25-/m0/s1. The molecule has 37 heavy (non-hydrogen) atoms. The van der Waals surface area contributed by atoms with E-state index in [2.05, 4.69) is 5.32 Å². The van der Waals surface area contributed by atoms with Crippen molar-refractivity contribution in [2.24, 2.45) is 0 Å². The van der Waals surface area contributed by atoms with E-state index in [0.29, 0.717) is 30.3 Å². The van der Waals surface area contributed by atoms with Gasteiger partial charge >= 0.3 is 0 Å². The maximum Gasteiger partial charge on any atom is 0.256 e. The minimum atomic E-state index is -0.827. The van der Waals surface area contributed by atoms with Crippen LogP contribution in [0.1, 0.15) is 25.3 Å². The van der Waals surface area contributed by atoms with Crippen LogP contribution < -0.4 is 19.7 Å². The van der Waals surface area contributed by atoms with E-state index in [1.165, 1.54) is 29.2 Å². The molecule has 7 nitrogen and oxygen atoms in total.